The molecule has 0 aliphatic heterocycles. The lowest BCUT2D eigenvalue weighted by molar-refractivity contribution is -0.393. The maximum atomic E-state index is 10.9. The molecule has 1 rings (SSSR count). The lowest BCUT2D eigenvalue weighted by Gasteiger charge is -2.18. The van der Waals surface area contributed by atoms with Gasteiger partial charge in [-0.1, -0.05) is 0 Å². The fraction of sp³-hybridized carbons (Fsp3) is 0.417. The smallest absolute Gasteiger partial charge is 0.301 e. The summed E-state index contributed by atoms with van der Waals surface area (Å²) in [5.41, 5.74) is 1.16. The van der Waals surface area contributed by atoms with Crippen molar-refractivity contribution in [3.05, 3.63) is 38.4 Å². The van der Waals surface area contributed by atoms with E-state index in [-0.39, 0.29) is 11.4 Å². The maximum absolute atomic E-state index is 10.9. The van der Waals surface area contributed by atoms with Crippen molar-refractivity contribution >= 4 is 23.3 Å². The number of rotatable bonds is 7. The van der Waals surface area contributed by atoms with Crippen molar-refractivity contribution in [3.63, 3.8) is 0 Å². The first-order valence-corrected chi connectivity index (χ1v) is 6.14. The molecule has 0 bridgehead atoms. The Morgan fingerprint density at radius 1 is 1.33 bits per heavy atom. The molecule has 0 fully saturated rings. The summed E-state index contributed by atoms with van der Waals surface area (Å²) in [4.78, 5) is 20.1. The molecule has 0 unspecified atom stereocenters. The number of hydrazone groups is 1. The van der Waals surface area contributed by atoms with Gasteiger partial charge >= 0.3 is 5.69 Å². The number of non-ortho nitro benzene ring substituents is 1. The van der Waals surface area contributed by atoms with Gasteiger partial charge in [-0.3, -0.25) is 25.7 Å². The van der Waals surface area contributed by atoms with Crippen LogP contribution in [0.4, 0.5) is 17.1 Å². The summed E-state index contributed by atoms with van der Waals surface area (Å²) < 4.78 is 5.38. The average Bonchev–Trinajstić information content (AvgIpc) is 2.38. The van der Waals surface area contributed by atoms with E-state index in [9.17, 15) is 20.2 Å². The fourth-order valence-corrected chi connectivity index (χ4v) is 1.55. The number of nitrogens with one attached hydrogen (secondary N) is 1. The number of nitro benzene ring substituents is 2. The molecule has 0 aliphatic rings. The standard InChI is InChI=1S/C12H16N4O5/c1-4-21-12(2,3)8-13-14-10-6-5-9(15(17)18)7-11(10)16(19)20/h5-8,14H,4H2,1-3H3. The summed E-state index contributed by atoms with van der Waals surface area (Å²) in [6, 6.07) is 3.28. The predicted molar refractivity (Wildman–Crippen MR) is 77.6 cm³/mol. The zero-order valence-corrected chi connectivity index (χ0v) is 11.9. The van der Waals surface area contributed by atoms with E-state index in [1.54, 1.807) is 13.8 Å². The zero-order valence-electron chi connectivity index (χ0n) is 11.9. The molecule has 0 saturated heterocycles. The number of benzene rings is 1. The molecule has 21 heavy (non-hydrogen) atoms. The van der Waals surface area contributed by atoms with Gasteiger partial charge in [0.1, 0.15) is 5.69 Å². The van der Waals surface area contributed by atoms with E-state index >= 15 is 0 Å². The van der Waals surface area contributed by atoms with Crippen molar-refractivity contribution in [2.45, 2.75) is 26.4 Å². The van der Waals surface area contributed by atoms with Crippen LogP contribution in [-0.4, -0.2) is 28.3 Å². The summed E-state index contributed by atoms with van der Waals surface area (Å²) in [5, 5.41) is 25.4. The molecule has 0 radical (unpaired) electrons. The molecule has 0 atom stereocenters. The van der Waals surface area contributed by atoms with Gasteiger partial charge < -0.3 is 4.74 Å². The van der Waals surface area contributed by atoms with Gasteiger partial charge in [0.05, 0.1) is 27.7 Å². The first-order chi connectivity index (χ1) is 9.76. The summed E-state index contributed by atoms with van der Waals surface area (Å²) in [6.07, 6.45) is 1.46. The van der Waals surface area contributed by atoms with E-state index in [1.807, 2.05) is 6.92 Å². The van der Waals surface area contributed by atoms with Crippen LogP contribution in [0.2, 0.25) is 0 Å². The van der Waals surface area contributed by atoms with Crippen LogP contribution in [0.3, 0.4) is 0 Å². The lowest BCUT2D eigenvalue weighted by Crippen LogP contribution is -2.26. The second-order valence-corrected chi connectivity index (χ2v) is 4.62. The Kier molecular flexibility index (Phi) is 5.30. The Bertz CT molecular complexity index is 571. The number of nitro groups is 2. The van der Waals surface area contributed by atoms with E-state index in [4.69, 9.17) is 4.74 Å². The van der Waals surface area contributed by atoms with Gasteiger partial charge in [0.2, 0.25) is 0 Å². The average molecular weight is 296 g/mol. The second-order valence-electron chi connectivity index (χ2n) is 4.62. The number of hydrogen-bond acceptors (Lipinski definition) is 7. The van der Waals surface area contributed by atoms with Gasteiger partial charge in [-0.25, -0.2) is 0 Å². The minimum absolute atomic E-state index is 0.0640. The van der Waals surface area contributed by atoms with E-state index in [1.165, 1.54) is 18.3 Å². The first-order valence-electron chi connectivity index (χ1n) is 6.14. The van der Waals surface area contributed by atoms with Crippen LogP contribution >= 0.6 is 0 Å². The molecule has 0 aromatic heterocycles. The van der Waals surface area contributed by atoms with E-state index in [2.05, 4.69) is 10.5 Å². The normalized spacial score (nSPS) is 11.6. The monoisotopic (exact) mass is 296 g/mol. The molecular formula is C12H16N4O5. The van der Waals surface area contributed by atoms with Crippen molar-refractivity contribution < 1.29 is 14.6 Å². The van der Waals surface area contributed by atoms with Crippen molar-refractivity contribution in [1.82, 2.24) is 0 Å². The molecule has 0 spiro atoms. The minimum Gasteiger partial charge on any atom is -0.370 e. The number of anilines is 1. The molecule has 1 aromatic rings. The van der Waals surface area contributed by atoms with Gasteiger partial charge in [0.15, 0.2) is 0 Å². The third-order valence-electron chi connectivity index (χ3n) is 2.47. The Morgan fingerprint density at radius 3 is 2.52 bits per heavy atom. The molecule has 9 nitrogen and oxygen atoms in total. The second kappa shape index (κ2) is 6.75. The van der Waals surface area contributed by atoms with Crippen molar-refractivity contribution in [3.8, 4) is 0 Å². The molecule has 1 N–H and O–H groups in total. The van der Waals surface area contributed by atoms with E-state index in [0.29, 0.717) is 6.61 Å². The first kappa shape index (κ1) is 16.5. The van der Waals surface area contributed by atoms with Crippen LogP contribution in [0.5, 0.6) is 0 Å². The lowest BCUT2D eigenvalue weighted by atomic mass is 10.2. The Morgan fingerprint density at radius 2 is 2.00 bits per heavy atom. The number of ether oxygens (including phenoxy) is 1. The van der Waals surface area contributed by atoms with Gasteiger partial charge in [0, 0.05) is 12.7 Å². The molecule has 0 saturated carbocycles. The summed E-state index contributed by atoms with van der Waals surface area (Å²) in [6.45, 7) is 5.90. The quantitative estimate of drug-likeness (QED) is 0.469. The highest BCUT2D eigenvalue weighted by atomic mass is 16.6. The summed E-state index contributed by atoms with van der Waals surface area (Å²) >= 11 is 0. The minimum atomic E-state index is -0.710. The highest BCUT2D eigenvalue weighted by Gasteiger charge is 2.19. The zero-order chi connectivity index (χ0) is 16.0. The summed E-state index contributed by atoms with van der Waals surface area (Å²) in [5.74, 6) is 0. The van der Waals surface area contributed by atoms with Crippen molar-refractivity contribution in [1.29, 1.82) is 0 Å². The van der Waals surface area contributed by atoms with E-state index in [0.717, 1.165) is 6.07 Å². The molecule has 114 valence electrons. The van der Waals surface area contributed by atoms with Gasteiger partial charge in [0.25, 0.3) is 5.69 Å². The van der Waals surface area contributed by atoms with Crippen LogP contribution in [0.15, 0.2) is 23.3 Å². The Hall–Kier alpha value is -2.55. The molecular weight excluding hydrogens is 280 g/mol. The molecule has 0 heterocycles. The third-order valence-corrected chi connectivity index (χ3v) is 2.47. The van der Waals surface area contributed by atoms with Crippen LogP contribution in [-0.2, 0) is 4.74 Å². The van der Waals surface area contributed by atoms with Crippen molar-refractivity contribution in [2.75, 3.05) is 12.0 Å². The molecule has 1 aromatic carbocycles. The number of nitrogens with zero attached hydrogens (tertiary/aromatic N) is 3. The molecule has 0 aliphatic carbocycles. The van der Waals surface area contributed by atoms with Crippen LogP contribution in [0.1, 0.15) is 20.8 Å². The fourth-order valence-electron chi connectivity index (χ4n) is 1.55. The molecule has 9 heteroatoms. The SMILES string of the molecule is CCOC(C)(C)C=NNc1ccc([N+](=O)[O-])cc1[N+](=O)[O-]. The van der Waals surface area contributed by atoms with Crippen LogP contribution in [0.25, 0.3) is 0 Å². The van der Waals surface area contributed by atoms with E-state index < -0.39 is 21.1 Å². The highest BCUT2D eigenvalue weighted by molar-refractivity contribution is 5.71. The third kappa shape index (κ3) is 4.80. The predicted octanol–water partition coefficient (Wildman–Crippen LogP) is 2.72. The van der Waals surface area contributed by atoms with Crippen LogP contribution in [0, 0.1) is 20.2 Å². The topological polar surface area (TPSA) is 120 Å². The molecule has 0 amide bonds. The maximum Gasteiger partial charge on any atom is 0.301 e. The van der Waals surface area contributed by atoms with Gasteiger partial charge in [-0.2, -0.15) is 5.10 Å². The van der Waals surface area contributed by atoms with Crippen molar-refractivity contribution in [2.24, 2.45) is 5.10 Å². The van der Waals surface area contributed by atoms with Gasteiger partial charge in [-0.15, -0.1) is 0 Å². The summed E-state index contributed by atoms with van der Waals surface area (Å²) in [7, 11) is 0. The number of hydrogen-bond donors (Lipinski definition) is 1. The van der Waals surface area contributed by atoms with Gasteiger partial charge in [-0.05, 0) is 26.8 Å². The Labute approximate surface area is 120 Å². The highest BCUT2D eigenvalue weighted by Crippen LogP contribution is 2.28. The van der Waals surface area contributed by atoms with Crippen LogP contribution < -0.4 is 5.43 Å². The largest absolute Gasteiger partial charge is 0.370 e. The Balaban J connectivity index is 2.96.